The van der Waals surface area contributed by atoms with Crippen LogP contribution in [0.15, 0.2) is 30.3 Å². The van der Waals surface area contributed by atoms with Gasteiger partial charge in [0.05, 0.1) is 6.61 Å². The number of aromatic nitrogens is 3. The topological polar surface area (TPSA) is 65.0 Å². The summed E-state index contributed by atoms with van der Waals surface area (Å²) in [6.07, 6.45) is 2.93. The predicted molar refractivity (Wildman–Crippen MR) is 109 cm³/mol. The summed E-state index contributed by atoms with van der Waals surface area (Å²) >= 11 is 35.1. The minimum absolute atomic E-state index is 0.161. The average Bonchev–Trinajstić information content (AvgIpc) is 2.59. The van der Waals surface area contributed by atoms with Crippen LogP contribution in [0.25, 0.3) is 17.5 Å². The molecule has 0 saturated carbocycles. The zero-order valence-electron chi connectivity index (χ0n) is 13.6. The Balaban J connectivity index is 2.38. The van der Waals surface area contributed by atoms with Crippen molar-refractivity contribution in [1.29, 1.82) is 0 Å². The van der Waals surface area contributed by atoms with Gasteiger partial charge >= 0.3 is 5.97 Å². The number of halogens is 6. The molecule has 0 amide bonds. The summed E-state index contributed by atoms with van der Waals surface area (Å²) in [6.45, 7) is 2.03. The maximum Gasteiger partial charge on any atom is 0.330 e. The summed E-state index contributed by atoms with van der Waals surface area (Å²) in [7, 11) is 0. The van der Waals surface area contributed by atoms with E-state index in [2.05, 4.69) is 15.0 Å². The first-order valence-corrected chi connectivity index (χ1v) is 9.63. The van der Waals surface area contributed by atoms with Crippen molar-refractivity contribution < 1.29 is 9.53 Å². The quantitative estimate of drug-likeness (QED) is 0.310. The fourth-order valence-corrected chi connectivity index (χ4v) is 2.36. The van der Waals surface area contributed by atoms with Crippen LogP contribution in [0.4, 0.5) is 0 Å². The Morgan fingerprint density at radius 2 is 1.48 bits per heavy atom. The minimum atomic E-state index is -1.93. The van der Waals surface area contributed by atoms with Crippen molar-refractivity contribution in [3.63, 3.8) is 0 Å². The van der Waals surface area contributed by atoms with Crippen LogP contribution in [0.1, 0.15) is 24.1 Å². The molecule has 0 bridgehead atoms. The molecule has 27 heavy (non-hydrogen) atoms. The highest BCUT2D eigenvalue weighted by molar-refractivity contribution is 6.67. The Morgan fingerprint density at radius 3 is 1.93 bits per heavy atom. The van der Waals surface area contributed by atoms with E-state index in [-0.39, 0.29) is 17.5 Å². The van der Waals surface area contributed by atoms with E-state index in [1.807, 2.05) is 0 Å². The zero-order valence-corrected chi connectivity index (χ0v) is 18.1. The van der Waals surface area contributed by atoms with Gasteiger partial charge in [0.1, 0.15) is 0 Å². The predicted octanol–water partition coefficient (Wildman–Crippen LogP) is 5.77. The van der Waals surface area contributed by atoms with Crippen LogP contribution < -0.4 is 0 Å². The number of carbonyl (C=O) groups excluding carboxylic acids is 1. The van der Waals surface area contributed by atoms with E-state index in [1.54, 1.807) is 37.3 Å². The summed E-state index contributed by atoms with van der Waals surface area (Å²) < 4.78 is 0.967. The number of ether oxygens (including phenoxy) is 1. The largest absolute Gasteiger partial charge is 0.463 e. The third-order valence-electron chi connectivity index (χ3n) is 3.01. The Labute approximate surface area is 185 Å². The Kier molecular flexibility index (Phi) is 7.59. The van der Waals surface area contributed by atoms with Crippen molar-refractivity contribution in [3.05, 3.63) is 47.6 Å². The average molecular weight is 490 g/mol. The smallest absolute Gasteiger partial charge is 0.330 e. The van der Waals surface area contributed by atoms with E-state index in [4.69, 9.17) is 74.3 Å². The summed E-state index contributed by atoms with van der Waals surface area (Å²) in [5.41, 5.74) is 1.32. The molecule has 11 heteroatoms. The van der Waals surface area contributed by atoms with Gasteiger partial charge in [0.2, 0.25) is 7.59 Å². The number of rotatable bonds is 4. The summed E-state index contributed by atoms with van der Waals surface area (Å²) in [6, 6.07) is 6.87. The third kappa shape index (κ3) is 6.63. The van der Waals surface area contributed by atoms with Crippen molar-refractivity contribution in [3.8, 4) is 11.4 Å². The van der Waals surface area contributed by atoms with Crippen LogP contribution in [0.5, 0.6) is 0 Å². The van der Waals surface area contributed by atoms with E-state index in [1.165, 1.54) is 6.08 Å². The number of carbonyl (C=O) groups is 1. The molecule has 0 aliphatic heterocycles. The second kappa shape index (κ2) is 9.12. The second-order valence-corrected chi connectivity index (χ2v) is 9.57. The molecule has 1 aromatic carbocycles. The van der Waals surface area contributed by atoms with Gasteiger partial charge in [-0.15, -0.1) is 0 Å². The van der Waals surface area contributed by atoms with E-state index >= 15 is 0 Å². The molecule has 0 atom stereocenters. The van der Waals surface area contributed by atoms with E-state index in [0.29, 0.717) is 12.2 Å². The first-order valence-electron chi connectivity index (χ1n) is 7.36. The molecule has 1 aromatic heterocycles. The number of hydrogen-bond donors (Lipinski definition) is 0. The van der Waals surface area contributed by atoms with Gasteiger partial charge in [0.25, 0.3) is 0 Å². The monoisotopic (exact) mass is 487 g/mol. The van der Waals surface area contributed by atoms with E-state index in [0.717, 1.165) is 5.56 Å². The fraction of sp³-hybridized carbons (Fsp3) is 0.250. The Hall–Kier alpha value is -0.820. The SMILES string of the molecule is CCOC(=O)C=Cc1ccc(-c2nc(C(Cl)(Cl)Cl)nc(C(Cl)(Cl)Cl)n2)cc1. The van der Waals surface area contributed by atoms with Crippen molar-refractivity contribution >= 4 is 81.7 Å². The molecule has 0 saturated heterocycles. The Morgan fingerprint density at radius 1 is 0.963 bits per heavy atom. The van der Waals surface area contributed by atoms with Crippen molar-refractivity contribution in [2.24, 2.45) is 0 Å². The van der Waals surface area contributed by atoms with Gasteiger partial charge < -0.3 is 4.74 Å². The van der Waals surface area contributed by atoms with Crippen molar-refractivity contribution in [1.82, 2.24) is 15.0 Å². The van der Waals surface area contributed by atoms with Crippen LogP contribution in [-0.2, 0) is 17.1 Å². The van der Waals surface area contributed by atoms with Gasteiger partial charge in [0, 0.05) is 11.6 Å². The van der Waals surface area contributed by atoms with Crippen LogP contribution in [-0.4, -0.2) is 27.5 Å². The van der Waals surface area contributed by atoms with Gasteiger partial charge in [-0.2, -0.15) is 0 Å². The molecule has 5 nitrogen and oxygen atoms in total. The summed E-state index contributed by atoms with van der Waals surface area (Å²) in [5, 5.41) is 0. The van der Waals surface area contributed by atoms with Gasteiger partial charge in [-0.25, -0.2) is 19.7 Å². The molecule has 0 spiro atoms. The maximum absolute atomic E-state index is 11.4. The molecule has 0 fully saturated rings. The van der Waals surface area contributed by atoms with Gasteiger partial charge in [-0.05, 0) is 18.6 Å². The first kappa shape index (κ1) is 22.5. The Bertz CT molecular complexity index is 812. The van der Waals surface area contributed by atoms with Crippen LogP contribution in [0, 0.1) is 0 Å². The second-order valence-electron chi connectivity index (χ2n) is 5.01. The number of esters is 1. The molecule has 0 unspecified atom stereocenters. The normalized spacial score (nSPS) is 12.4. The van der Waals surface area contributed by atoms with Crippen LogP contribution in [0.2, 0.25) is 0 Å². The van der Waals surface area contributed by atoms with Gasteiger partial charge in [0.15, 0.2) is 17.5 Å². The molecule has 0 aliphatic rings. The zero-order chi connectivity index (χ0) is 20.2. The van der Waals surface area contributed by atoms with Crippen molar-refractivity contribution in [2.45, 2.75) is 14.5 Å². The number of hydrogen-bond acceptors (Lipinski definition) is 5. The first-order chi connectivity index (χ1) is 12.5. The van der Waals surface area contributed by atoms with E-state index < -0.39 is 13.6 Å². The van der Waals surface area contributed by atoms with Crippen LogP contribution >= 0.6 is 69.6 Å². The fourth-order valence-electron chi connectivity index (χ4n) is 1.86. The third-order valence-corrected chi connectivity index (χ3v) is 4.02. The molecule has 0 aliphatic carbocycles. The lowest BCUT2D eigenvalue weighted by Crippen LogP contribution is -2.16. The van der Waals surface area contributed by atoms with E-state index in [9.17, 15) is 4.79 Å². The molecule has 0 N–H and O–H groups in total. The lowest BCUT2D eigenvalue weighted by molar-refractivity contribution is -0.137. The molecular weight excluding hydrogens is 479 g/mol. The lowest BCUT2D eigenvalue weighted by atomic mass is 10.1. The number of alkyl halides is 6. The molecule has 2 aromatic rings. The number of nitrogens with zero attached hydrogens (tertiary/aromatic N) is 3. The van der Waals surface area contributed by atoms with Gasteiger partial charge in [-0.3, -0.25) is 0 Å². The molecular formula is C16H11Cl6N3O2. The highest BCUT2D eigenvalue weighted by Crippen LogP contribution is 2.40. The maximum atomic E-state index is 11.4. The standard InChI is InChI=1S/C16H11Cl6N3O2/c1-2-27-11(26)8-5-9-3-6-10(7-4-9)12-23-13(15(17,18)19)25-14(24-12)16(20,21)22/h3-8H,2H2,1H3. The number of benzene rings is 1. The summed E-state index contributed by atoms with van der Waals surface area (Å²) in [4.78, 5) is 23.5. The highest BCUT2D eigenvalue weighted by atomic mass is 35.6. The molecule has 1 heterocycles. The lowest BCUT2D eigenvalue weighted by Gasteiger charge is -2.15. The molecule has 144 valence electrons. The molecule has 2 rings (SSSR count). The molecule has 0 radical (unpaired) electrons. The van der Waals surface area contributed by atoms with Crippen molar-refractivity contribution in [2.75, 3.05) is 6.61 Å². The van der Waals surface area contributed by atoms with Gasteiger partial charge in [-0.1, -0.05) is 93.9 Å². The minimum Gasteiger partial charge on any atom is -0.463 e. The summed E-state index contributed by atoms with van der Waals surface area (Å²) in [5.74, 6) is -0.623. The van der Waals surface area contributed by atoms with Crippen LogP contribution in [0.3, 0.4) is 0 Å². The highest BCUT2D eigenvalue weighted by Gasteiger charge is 2.33.